The third-order valence-corrected chi connectivity index (χ3v) is 3.58. The van der Waals surface area contributed by atoms with Gasteiger partial charge in [-0.25, -0.2) is 4.98 Å². The first kappa shape index (κ1) is 14.8. The van der Waals surface area contributed by atoms with Crippen molar-refractivity contribution in [1.29, 1.82) is 5.26 Å². The second-order valence-corrected chi connectivity index (χ2v) is 5.18. The maximum Gasteiger partial charge on any atom is 0.308 e. The average molecular weight is 283 g/mol. The van der Waals surface area contributed by atoms with E-state index in [1.54, 1.807) is 18.9 Å². The van der Waals surface area contributed by atoms with Gasteiger partial charge in [0.1, 0.15) is 11.9 Å². The van der Waals surface area contributed by atoms with Crippen LogP contribution in [0.5, 0.6) is 0 Å². The largest absolute Gasteiger partial charge is 0.481 e. The highest BCUT2D eigenvalue weighted by Gasteiger charge is 2.19. The number of aryl methyl sites for hydroxylation is 1. The number of carbonyl (C=O) groups is 1. The molecule has 0 fully saturated rings. The molecule has 0 aliphatic carbocycles. The molecule has 0 amide bonds. The minimum Gasteiger partial charge on any atom is -0.481 e. The maximum absolute atomic E-state index is 11.0. The van der Waals surface area contributed by atoms with E-state index in [9.17, 15) is 10.1 Å². The topological polar surface area (TPSA) is 77.2 Å². The number of carboxylic acids is 1. The van der Waals surface area contributed by atoms with E-state index < -0.39 is 11.9 Å². The van der Waals surface area contributed by atoms with Gasteiger partial charge in [-0.05, 0) is 18.6 Å². The van der Waals surface area contributed by atoms with E-state index in [2.05, 4.69) is 11.1 Å². The summed E-state index contributed by atoms with van der Waals surface area (Å²) in [5.74, 6) is -0.866. The van der Waals surface area contributed by atoms with Gasteiger partial charge >= 0.3 is 5.97 Å². The smallest absolute Gasteiger partial charge is 0.308 e. The number of anilines is 1. The number of carboxylic acid groups (broad SMARTS) is 1. The number of benzene rings is 1. The zero-order valence-electron chi connectivity index (χ0n) is 12.3. The molecular formula is C16H17N3O2. The first-order valence-electron chi connectivity index (χ1n) is 6.69. The number of nitriles is 1. The monoisotopic (exact) mass is 283 g/mol. The Balaban J connectivity index is 2.53. The standard InChI is InChI=1S/C16H17N3O2/c1-10(16(20)21)9-19(3)15-13(8-17)11(2)12-6-4-5-7-14(12)18-15/h4-7,10H,9H2,1-3H3,(H,20,21). The second-order valence-electron chi connectivity index (χ2n) is 5.18. The molecule has 1 N–H and O–H groups in total. The molecule has 1 aromatic heterocycles. The summed E-state index contributed by atoms with van der Waals surface area (Å²) in [7, 11) is 1.76. The van der Waals surface area contributed by atoms with Crippen LogP contribution in [0.4, 0.5) is 5.82 Å². The van der Waals surface area contributed by atoms with Crippen LogP contribution in [0, 0.1) is 24.2 Å². The fraction of sp³-hybridized carbons (Fsp3) is 0.312. The molecule has 21 heavy (non-hydrogen) atoms. The Morgan fingerprint density at radius 3 is 2.76 bits per heavy atom. The first-order chi connectivity index (χ1) is 9.95. The van der Waals surface area contributed by atoms with Crippen LogP contribution in [0.2, 0.25) is 0 Å². The fourth-order valence-electron chi connectivity index (χ4n) is 2.35. The van der Waals surface area contributed by atoms with E-state index in [4.69, 9.17) is 5.11 Å². The van der Waals surface area contributed by atoms with E-state index in [-0.39, 0.29) is 0 Å². The van der Waals surface area contributed by atoms with Crippen molar-refractivity contribution in [3.05, 3.63) is 35.4 Å². The summed E-state index contributed by atoms with van der Waals surface area (Å²) in [5.41, 5.74) is 2.17. The second kappa shape index (κ2) is 5.80. The average Bonchev–Trinajstić information content (AvgIpc) is 2.46. The molecule has 0 bridgehead atoms. The van der Waals surface area contributed by atoms with Crippen molar-refractivity contribution in [1.82, 2.24) is 4.98 Å². The number of para-hydroxylation sites is 1. The van der Waals surface area contributed by atoms with Crippen molar-refractivity contribution in [3.63, 3.8) is 0 Å². The summed E-state index contributed by atoms with van der Waals surface area (Å²) in [4.78, 5) is 17.3. The lowest BCUT2D eigenvalue weighted by Gasteiger charge is -2.22. The molecule has 0 saturated heterocycles. The van der Waals surface area contributed by atoms with Gasteiger partial charge in [0, 0.05) is 19.0 Å². The van der Waals surface area contributed by atoms with Crippen LogP contribution >= 0.6 is 0 Å². The van der Waals surface area contributed by atoms with Gasteiger partial charge in [-0.15, -0.1) is 0 Å². The molecule has 108 valence electrons. The Hall–Kier alpha value is -2.61. The van der Waals surface area contributed by atoms with Gasteiger partial charge < -0.3 is 10.0 Å². The minimum absolute atomic E-state index is 0.300. The molecule has 1 atom stereocenters. The molecule has 5 heteroatoms. The number of hydrogen-bond acceptors (Lipinski definition) is 4. The molecule has 0 spiro atoms. The number of fused-ring (bicyclic) bond motifs is 1. The SMILES string of the molecule is Cc1c(C#N)c(N(C)CC(C)C(=O)O)nc2ccccc12. The molecule has 2 aromatic rings. The molecule has 1 heterocycles. The summed E-state index contributed by atoms with van der Waals surface area (Å²) in [6, 6.07) is 9.81. The summed E-state index contributed by atoms with van der Waals surface area (Å²) in [6.45, 7) is 3.83. The lowest BCUT2D eigenvalue weighted by atomic mass is 10.0. The van der Waals surface area contributed by atoms with Gasteiger partial charge in [0.2, 0.25) is 0 Å². The lowest BCUT2D eigenvalue weighted by Crippen LogP contribution is -2.29. The first-order valence-corrected chi connectivity index (χ1v) is 6.69. The highest BCUT2D eigenvalue weighted by atomic mass is 16.4. The highest BCUT2D eigenvalue weighted by Crippen LogP contribution is 2.27. The molecule has 1 aromatic carbocycles. The van der Waals surface area contributed by atoms with Gasteiger partial charge in [-0.2, -0.15) is 5.26 Å². The number of nitrogens with zero attached hydrogens (tertiary/aromatic N) is 3. The number of aromatic nitrogens is 1. The van der Waals surface area contributed by atoms with Crippen molar-refractivity contribution in [2.75, 3.05) is 18.5 Å². The van der Waals surface area contributed by atoms with Gasteiger partial charge in [0.05, 0.1) is 17.0 Å². The lowest BCUT2D eigenvalue weighted by molar-refractivity contribution is -0.140. The van der Waals surface area contributed by atoms with Crippen LogP contribution in [0.3, 0.4) is 0 Å². The van der Waals surface area contributed by atoms with E-state index in [0.717, 1.165) is 16.5 Å². The molecule has 0 saturated carbocycles. The van der Waals surface area contributed by atoms with Crippen LogP contribution < -0.4 is 4.90 Å². The number of rotatable bonds is 4. The summed E-state index contributed by atoms with van der Waals surface area (Å²) >= 11 is 0. The van der Waals surface area contributed by atoms with Gasteiger partial charge in [0.25, 0.3) is 0 Å². The van der Waals surface area contributed by atoms with Crippen molar-refractivity contribution in [2.45, 2.75) is 13.8 Å². The number of aliphatic carboxylic acids is 1. The van der Waals surface area contributed by atoms with Gasteiger partial charge in [0.15, 0.2) is 0 Å². The minimum atomic E-state index is -0.863. The van der Waals surface area contributed by atoms with Crippen LogP contribution in [0.1, 0.15) is 18.1 Å². The number of hydrogen-bond donors (Lipinski definition) is 1. The van der Waals surface area contributed by atoms with Crippen LogP contribution in [-0.4, -0.2) is 29.7 Å². The van der Waals surface area contributed by atoms with E-state index in [1.165, 1.54) is 0 Å². The third kappa shape index (κ3) is 2.79. The normalized spacial score (nSPS) is 11.9. The van der Waals surface area contributed by atoms with Crippen molar-refractivity contribution in [3.8, 4) is 6.07 Å². The Kier molecular flexibility index (Phi) is 4.08. The Morgan fingerprint density at radius 2 is 2.14 bits per heavy atom. The summed E-state index contributed by atoms with van der Waals surface area (Å²) < 4.78 is 0. The maximum atomic E-state index is 11.0. The van der Waals surface area contributed by atoms with E-state index in [0.29, 0.717) is 17.9 Å². The van der Waals surface area contributed by atoms with Crippen molar-refractivity contribution >= 4 is 22.7 Å². The zero-order chi connectivity index (χ0) is 15.6. The van der Waals surface area contributed by atoms with Gasteiger partial charge in [-0.1, -0.05) is 25.1 Å². The molecular weight excluding hydrogens is 266 g/mol. The van der Waals surface area contributed by atoms with Crippen LogP contribution in [0.25, 0.3) is 10.9 Å². The summed E-state index contributed by atoms with van der Waals surface area (Å²) in [5, 5.41) is 19.4. The number of pyridine rings is 1. The summed E-state index contributed by atoms with van der Waals surface area (Å²) in [6.07, 6.45) is 0. The molecule has 2 rings (SSSR count). The Morgan fingerprint density at radius 1 is 1.48 bits per heavy atom. The zero-order valence-corrected chi connectivity index (χ0v) is 12.3. The molecule has 0 aliphatic rings. The Bertz CT molecular complexity index is 734. The fourth-order valence-corrected chi connectivity index (χ4v) is 2.35. The van der Waals surface area contributed by atoms with Gasteiger partial charge in [-0.3, -0.25) is 4.79 Å². The predicted octanol–water partition coefficient (Wildman–Crippen LogP) is 2.57. The van der Waals surface area contributed by atoms with E-state index >= 15 is 0 Å². The van der Waals surface area contributed by atoms with Crippen molar-refractivity contribution in [2.24, 2.45) is 5.92 Å². The highest BCUT2D eigenvalue weighted by molar-refractivity contribution is 5.87. The molecule has 0 aliphatic heterocycles. The predicted molar refractivity (Wildman–Crippen MR) is 81.3 cm³/mol. The van der Waals surface area contributed by atoms with Crippen LogP contribution in [0.15, 0.2) is 24.3 Å². The molecule has 0 radical (unpaired) electrons. The third-order valence-electron chi connectivity index (χ3n) is 3.58. The molecule has 1 unspecified atom stereocenters. The Labute approximate surface area is 123 Å². The molecule has 5 nitrogen and oxygen atoms in total. The van der Waals surface area contributed by atoms with Crippen LogP contribution in [-0.2, 0) is 4.79 Å². The van der Waals surface area contributed by atoms with Crippen molar-refractivity contribution < 1.29 is 9.90 Å². The quantitative estimate of drug-likeness (QED) is 0.933. The van der Waals surface area contributed by atoms with E-state index in [1.807, 2.05) is 31.2 Å².